The Bertz CT molecular complexity index is 905. The Balaban J connectivity index is 1.52. The lowest BCUT2D eigenvalue weighted by Crippen LogP contribution is -2.20. The highest BCUT2D eigenvalue weighted by molar-refractivity contribution is 9.10. The lowest BCUT2D eigenvalue weighted by molar-refractivity contribution is -0.116. The molecule has 132 valence electrons. The summed E-state index contributed by atoms with van der Waals surface area (Å²) in [6.07, 6.45) is 6.45. The van der Waals surface area contributed by atoms with Gasteiger partial charge in [-0.2, -0.15) is 5.10 Å². The quantitative estimate of drug-likeness (QED) is 0.616. The molecule has 0 saturated carbocycles. The molecule has 0 radical (unpaired) electrons. The summed E-state index contributed by atoms with van der Waals surface area (Å²) in [7, 11) is 0. The molecular formula is C20H17BrFN3O. The minimum absolute atomic E-state index is 0.273. The van der Waals surface area contributed by atoms with Crippen LogP contribution in [-0.2, 0) is 17.9 Å². The zero-order valence-corrected chi connectivity index (χ0v) is 15.5. The minimum atomic E-state index is -0.370. The first-order valence-corrected chi connectivity index (χ1v) is 8.86. The van der Waals surface area contributed by atoms with E-state index in [0.717, 1.165) is 15.6 Å². The Morgan fingerprint density at radius 2 is 1.96 bits per heavy atom. The van der Waals surface area contributed by atoms with Crippen LogP contribution in [0.2, 0.25) is 0 Å². The van der Waals surface area contributed by atoms with Crippen LogP contribution in [0.3, 0.4) is 0 Å². The zero-order chi connectivity index (χ0) is 18.4. The predicted molar refractivity (Wildman–Crippen MR) is 103 cm³/mol. The maximum atomic E-state index is 13.6. The normalized spacial score (nSPS) is 11.0. The van der Waals surface area contributed by atoms with Gasteiger partial charge < -0.3 is 5.32 Å². The Morgan fingerprint density at radius 1 is 1.19 bits per heavy atom. The monoisotopic (exact) mass is 413 g/mol. The Labute approximate surface area is 159 Å². The molecule has 0 aliphatic rings. The lowest BCUT2D eigenvalue weighted by Gasteiger charge is -2.05. The van der Waals surface area contributed by atoms with E-state index in [1.807, 2.05) is 41.2 Å². The smallest absolute Gasteiger partial charge is 0.244 e. The summed E-state index contributed by atoms with van der Waals surface area (Å²) in [6.45, 7) is 1.12. The molecule has 0 spiro atoms. The van der Waals surface area contributed by atoms with Gasteiger partial charge in [-0.25, -0.2) is 4.39 Å². The summed E-state index contributed by atoms with van der Waals surface area (Å²) >= 11 is 3.28. The summed E-state index contributed by atoms with van der Waals surface area (Å²) < 4.78 is 16.2. The molecule has 4 nitrogen and oxygen atoms in total. The maximum absolute atomic E-state index is 13.6. The van der Waals surface area contributed by atoms with E-state index in [1.54, 1.807) is 18.3 Å². The number of amides is 1. The van der Waals surface area contributed by atoms with E-state index >= 15 is 0 Å². The number of hydrogen-bond acceptors (Lipinski definition) is 2. The Kier molecular flexibility index (Phi) is 5.96. The lowest BCUT2D eigenvalue weighted by atomic mass is 10.1. The van der Waals surface area contributed by atoms with Crippen LogP contribution in [0.4, 0.5) is 4.39 Å². The molecule has 6 heteroatoms. The van der Waals surface area contributed by atoms with E-state index in [2.05, 4.69) is 26.3 Å². The summed E-state index contributed by atoms with van der Waals surface area (Å²) in [5, 5.41) is 6.96. The van der Waals surface area contributed by atoms with Crippen molar-refractivity contribution in [2.45, 2.75) is 13.1 Å². The molecule has 1 aromatic heterocycles. The third-order valence-electron chi connectivity index (χ3n) is 3.77. The van der Waals surface area contributed by atoms with Crippen LogP contribution in [0.1, 0.15) is 16.7 Å². The van der Waals surface area contributed by atoms with Crippen molar-refractivity contribution >= 4 is 27.9 Å². The summed E-state index contributed by atoms with van der Waals surface area (Å²) in [5.74, 6) is -0.644. The van der Waals surface area contributed by atoms with Crippen molar-refractivity contribution in [1.29, 1.82) is 0 Å². The van der Waals surface area contributed by atoms with Crippen molar-refractivity contribution in [1.82, 2.24) is 15.1 Å². The number of rotatable bonds is 6. The van der Waals surface area contributed by atoms with Gasteiger partial charge in [0.2, 0.25) is 5.91 Å². The SMILES string of the molecule is O=C(/C=C/c1cc(Br)ccc1F)NCc1ccc(Cn2cccn2)cc1. The maximum Gasteiger partial charge on any atom is 0.244 e. The van der Waals surface area contributed by atoms with Crippen molar-refractivity contribution in [2.75, 3.05) is 0 Å². The van der Waals surface area contributed by atoms with Gasteiger partial charge >= 0.3 is 0 Å². The molecule has 0 aliphatic heterocycles. The van der Waals surface area contributed by atoms with E-state index in [0.29, 0.717) is 18.7 Å². The van der Waals surface area contributed by atoms with E-state index in [1.165, 1.54) is 18.2 Å². The van der Waals surface area contributed by atoms with E-state index in [4.69, 9.17) is 0 Å². The van der Waals surface area contributed by atoms with Gasteiger partial charge in [-0.1, -0.05) is 40.2 Å². The predicted octanol–water partition coefficient (Wildman–Crippen LogP) is 4.16. The van der Waals surface area contributed by atoms with Crippen LogP contribution in [0.25, 0.3) is 6.08 Å². The molecule has 26 heavy (non-hydrogen) atoms. The fourth-order valence-electron chi connectivity index (χ4n) is 2.40. The van der Waals surface area contributed by atoms with Crippen LogP contribution in [-0.4, -0.2) is 15.7 Å². The molecule has 0 fully saturated rings. The van der Waals surface area contributed by atoms with Crippen molar-refractivity contribution in [3.8, 4) is 0 Å². The van der Waals surface area contributed by atoms with Crippen LogP contribution in [0, 0.1) is 5.82 Å². The molecule has 1 heterocycles. The Morgan fingerprint density at radius 3 is 2.69 bits per heavy atom. The average molecular weight is 414 g/mol. The second-order valence-electron chi connectivity index (χ2n) is 5.74. The third kappa shape index (κ3) is 5.13. The second kappa shape index (κ2) is 8.58. The van der Waals surface area contributed by atoms with Crippen LogP contribution in [0.5, 0.6) is 0 Å². The second-order valence-corrected chi connectivity index (χ2v) is 6.65. The van der Waals surface area contributed by atoms with Gasteiger partial charge in [0.25, 0.3) is 0 Å². The molecule has 0 saturated heterocycles. The molecule has 1 amide bonds. The number of benzene rings is 2. The van der Waals surface area contributed by atoms with Gasteiger partial charge in [-0.3, -0.25) is 9.48 Å². The molecule has 0 aliphatic carbocycles. The molecule has 0 atom stereocenters. The highest BCUT2D eigenvalue weighted by Crippen LogP contribution is 2.16. The summed E-state index contributed by atoms with van der Waals surface area (Å²) in [5.41, 5.74) is 2.48. The molecule has 1 N–H and O–H groups in total. The highest BCUT2D eigenvalue weighted by atomic mass is 79.9. The van der Waals surface area contributed by atoms with Crippen LogP contribution < -0.4 is 5.32 Å². The third-order valence-corrected chi connectivity index (χ3v) is 4.26. The van der Waals surface area contributed by atoms with Crippen LogP contribution in [0.15, 0.2) is 71.5 Å². The topological polar surface area (TPSA) is 46.9 Å². The number of carbonyl (C=O) groups excluding carboxylic acids is 1. The largest absolute Gasteiger partial charge is 0.348 e. The minimum Gasteiger partial charge on any atom is -0.348 e. The highest BCUT2D eigenvalue weighted by Gasteiger charge is 2.02. The van der Waals surface area contributed by atoms with Gasteiger partial charge in [0.1, 0.15) is 5.82 Å². The number of nitrogens with one attached hydrogen (secondary N) is 1. The van der Waals surface area contributed by atoms with Crippen molar-refractivity contribution in [3.63, 3.8) is 0 Å². The fraction of sp³-hybridized carbons (Fsp3) is 0.100. The van der Waals surface area contributed by atoms with E-state index in [9.17, 15) is 9.18 Å². The number of aromatic nitrogens is 2. The van der Waals surface area contributed by atoms with Gasteiger partial charge in [0, 0.05) is 35.1 Å². The van der Waals surface area contributed by atoms with E-state index < -0.39 is 0 Å². The fourth-order valence-corrected chi connectivity index (χ4v) is 2.78. The first-order chi connectivity index (χ1) is 12.6. The first kappa shape index (κ1) is 18.1. The summed E-state index contributed by atoms with van der Waals surface area (Å²) in [6, 6.07) is 14.4. The standard InChI is InChI=1S/C20H17BrFN3O/c21-18-7-8-19(22)17(12-18)6-9-20(26)23-13-15-2-4-16(5-3-15)14-25-11-1-10-24-25/h1-12H,13-14H2,(H,23,26)/b9-6+. The number of nitrogens with zero attached hydrogens (tertiary/aromatic N) is 2. The number of halogens is 2. The van der Waals surface area contributed by atoms with E-state index in [-0.39, 0.29) is 11.7 Å². The van der Waals surface area contributed by atoms with Gasteiger partial charge in [0.15, 0.2) is 0 Å². The molecular weight excluding hydrogens is 397 g/mol. The molecule has 0 unspecified atom stereocenters. The van der Waals surface area contributed by atoms with Crippen molar-refractivity contribution in [2.24, 2.45) is 0 Å². The van der Waals surface area contributed by atoms with Gasteiger partial charge in [-0.15, -0.1) is 0 Å². The average Bonchev–Trinajstić information content (AvgIpc) is 3.15. The van der Waals surface area contributed by atoms with Crippen molar-refractivity contribution < 1.29 is 9.18 Å². The van der Waals surface area contributed by atoms with Gasteiger partial charge in [0.05, 0.1) is 6.54 Å². The zero-order valence-electron chi connectivity index (χ0n) is 13.9. The molecule has 2 aromatic carbocycles. The molecule has 0 bridgehead atoms. The van der Waals surface area contributed by atoms with Gasteiger partial charge in [-0.05, 0) is 41.5 Å². The van der Waals surface area contributed by atoms with Crippen LogP contribution >= 0.6 is 15.9 Å². The molecule has 3 rings (SSSR count). The summed E-state index contributed by atoms with van der Waals surface area (Å²) in [4.78, 5) is 11.9. The number of carbonyl (C=O) groups is 1. The number of hydrogen-bond donors (Lipinski definition) is 1. The molecule has 3 aromatic rings. The van der Waals surface area contributed by atoms with Crippen molar-refractivity contribution in [3.05, 3.63) is 94.0 Å². The Hall–Kier alpha value is -2.73. The first-order valence-electron chi connectivity index (χ1n) is 8.06.